The van der Waals surface area contributed by atoms with Gasteiger partial charge in [-0.05, 0) is 70.8 Å². The van der Waals surface area contributed by atoms with E-state index in [9.17, 15) is 4.79 Å². The summed E-state index contributed by atoms with van der Waals surface area (Å²) >= 11 is 0. The lowest BCUT2D eigenvalue weighted by molar-refractivity contribution is 0.0743. The number of carbonyl (C=O) groups is 1. The summed E-state index contributed by atoms with van der Waals surface area (Å²) in [5.74, 6) is -0.0206. The molecule has 0 saturated heterocycles. The van der Waals surface area contributed by atoms with Crippen molar-refractivity contribution in [2.45, 2.75) is 13.0 Å². The van der Waals surface area contributed by atoms with Gasteiger partial charge >= 0.3 is 0 Å². The maximum Gasteiger partial charge on any atom is 0.254 e. The smallest absolute Gasteiger partial charge is 0.254 e. The zero-order valence-electron chi connectivity index (χ0n) is 18.5. The van der Waals surface area contributed by atoms with Crippen molar-refractivity contribution in [3.05, 3.63) is 102 Å². The predicted octanol–water partition coefficient (Wildman–Crippen LogP) is 6.25. The lowest BCUT2D eigenvalue weighted by Crippen LogP contribution is -2.29. The summed E-state index contributed by atoms with van der Waals surface area (Å²) in [5.41, 5.74) is 5.49. The van der Waals surface area contributed by atoms with E-state index >= 15 is 0 Å². The second kappa shape index (κ2) is 8.95. The fraction of sp³-hybridized carbons (Fsp3) is 0.143. The van der Waals surface area contributed by atoms with Crippen LogP contribution in [-0.2, 0) is 0 Å². The lowest BCUT2D eigenvalue weighted by atomic mass is 9.97. The molecule has 0 aromatic heterocycles. The van der Waals surface area contributed by atoms with Crippen LogP contribution in [0.5, 0.6) is 0 Å². The maximum atomic E-state index is 13.2. The Bertz CT molecular complexity index is 1300. The molecule has 0 aliphatic rings. The normalized spacial score (nSPS) is 11.6. The topological polar surface area (TPSA) is 56.1 Å². The lowest BCUT2D eigenvalue weighted by Gasteiger charge is -2.27. The second-order valence-corrected chi connectivity index (χ2v) is 7.89. The van der Waals surface area contributed by atoms with Crippen molar-refractivity contribution in [3.63, 3.8) is 0 Å². The number of carbonyl (C=O) groups excluding carboxylic acids is 1. The average molecular weight is 420 g/mol. The molecule has 0 aliphatic carbocycles. The zero-order valence-corrected chi connectivity index (χ0v) is 18.5. The van der Waals surface area contributed by atoms with Crippen LogP contribution in [0.2, 0.25) is 0 Å². The van der Waals surface area contributed by atoms with Gasteiger partial charge in [-0.2, -0.15) is 5.26 Å². The van der Waals surface area contributed by atoms with Gasteiger partial charge in [-0.15, -0.1) is 0 Å². The fourth-order valence-electron chi connectivity index (χ4n) is 3.96. The molecule has 0 radical (unpaired) electrons. The molecular weight excluding hydrogens is 394 g/mol. The molecule has 0 heterocycles. The number of nitriles is 1. The molecule has 0 spiro atoms. The molecule has 158 valence electrons. The highest BCUT2D eigenvalue weighted by Gasteiger charge is 2.20. The molecule has 1 atom stereocenters. The van der Waals surface area contributed by atoms with Gasteiger partial charge in [0.05, 0.1) is 17.7 Å². The third kappa shape index (κ3) is 4.06. The van der Waals surface area contributed by atoms with Gasteiger partial charge in [-0.3, -0.25) is 4.79 Å². The van der Waals surface area contributed by atoms with Crippen molar-refractivity contribution in [1.82, 2.24) is 4.90 Å². The minimum Gasteiger partial charge on any atom is -0.388 e. The van der Waals surface area contributed by atoms with Crippen LogP contribution < -0.4 is 5.32 Å². The number of benzene rings is 4. The van der Waals surface area contributed by atoms with Crippen molar-refractivity contribution >= 4 is 22.4 Å². The van der Waals surface area contributed by atoms with Crippen LogP contribution in [0.25, 0.3) is 21.9 Å². The first-order valence-corrected chi connectivity index (χ1v) is 10.6. The molecule has 4 nitrogen and oxygen atoms in total. The Balaban J connectivity index is 1.57. The van der Waals surface area contributed by atoms with Crippen LogP contribution >= 0.6 is 0 Å². The first-order valence-electron chi connectivity index (χ1n) is 10.6. The number of hydrogen-bond donors (Lipinski definition) is 1. The maximum absolute atomic E-state index is 13.2. The van der Waals surface area contributed by atoms with Gasteiger partial charge < -0.3 is 10.2 Å². The summed E-state index contributed by atoms with van der Waals surface area (Å²) in [5, 5.41) is 14.4. The predicted molar refractivity (Wildman–Crippen MR) is 131 cm³/mol. The molecule has 32 heavy (non-hydrogen) atoms. The van der Waals surface area contributed by atoms with Gasteiger partial charge in [0, 0.05) is 25.3 Å². The molecule has 1 N–H and O–H groups in total. The number of nitrogens with zero attached hydrogens (tertiary/aromatic N) is 2. The Morgan fingerprint density at radius 2 is 1.59 bits per heavy atom. The zero-order chi connectivity index (χ0) is 22.7. The molecule has 0 bridgehead atoms. The molecule has 0 aliphatic heterocycles. The second-order valence-electron chi connectivity index (χ2n) is 7.89. The van der Waals surface area contributed by atoms with Gasteiger partial charge in [0.2, 0.25) is 0 Å². The van der Waals surface area contributed by atoms with Crippen LogP contribution in [0.1, 0.15) is 34.5 Å². The summed E-state index contributed by atoms with van der Waals surface area (Å²) in [6.45, 7) is 2.06. The Hall–Kier alpha value is -4.10. The third-order valence-corrected chi connectivity index (χ3v) is 6.03. The number of anilines is 1. The van der Waals surface area contributed by atoms with Crippen LogP contribution in [0.3, 0.4) is 0 Å². The molecule has 4 heteroatoms. The number of nitrogens with one attached hydrogen (secondary N) is 1. The highest BCUT2D eigenvalue weighted by atomic mass is 16.2. The SMILES string of the molecule is CNc1ccc2c(C(C)N(C)C(=O)c3ccc(-c4ccc(C#N)cc4)cc3)cccc2c1. The van der Waals surface area contributed by atoms with E-state index in [1.54, 1.807) is 17.0 Å². The van der Waals surface area contributed by atoms with E-state index < -0.39 is 0 Å². The van der Waals surface area contributed by atoms with Crippen molar-refractivity contribution in [2.75, 3.05) is 19.4 Å². The van der Waals surface area contributed by atoms with Crippen molar-refractivity contribution in [1.29, 1.82) is 5.26 Å². The summed E-state index contributed by atoms with van der Waals surface area (Å²) in [7, 11) is 3.76. The van der Waals surface area contributed by atoms with Crippen LogP contribution in [0.4, 0.5) is 5.69 Å². The Morgan fingerprint density at radius 1 is 0.938 bits per heavy atom. The van der Waals surface area contributed by atoms with E-state index in [0.29, 0.717) is 11.1 Å². The largest absolute Gasteiger partial charge is 0.388 e. The van der Waals surface area contributed by atoms with Crippen LogP contribution in [0, 0.1) is 11.3 Å². The fourth-order valence-corrected chi connectivity index (χ4v) is 3.96. The number of amides is 1. The number of fused-ring (bicyclic) bond motifs is 1. The molecule has 0 saturated carbocycles. The Morgan fingerprint density at radius 3 is 2.22 bits per heavy atom. The highest BCUT2D eigenvalue weighted by Crippen LogP contribution is 2.30. The van der Waals surface area contributed by atoms with E-state index in [-0.39, 0.29) is 11.9 Å². The van der Waals surface area contributed by atoms with E-state index in [2.05, 4.69) is 48.6 Å². The van der Waals surface area contributed by atoms with E-state index in [0.717, 1.165) is 33.2 Å². The monoisotopic (exact) mass is 419 g/mol. The molecular formula is C28H25N3O. The summed E-state index contributed by atoms with van der Waals surface area (Å²) < 4.78 is 0. The van der Waals surface area contributed by atoms with Crippen LogP contribution in [0.15, 0.2) is 84.9 Å². The molecule has 4 rings (SSSR count). The summed E-state index contributed by atoms with van der Waals surface area (Å²) in [6.07, 6.45) is 0. The summed E-state index contributed by atoms with van der Waals surface area (Å²) in [6, 6.07) is 29.6. The highest BCUT2D eigenvalue weighted by molar-refractivity contribution is 5.95. The molecule has 0 fully saturated rings. The third-order valence-electron chi connectivity index (χ3n) is 6.03. The minimum absolute atomic E-state index is 0.0206. The van der Waals surface area contributed by atoms with Crippen molar-refractivity contribution in [2.24, 2.45) is 0 Å². The number of hydrogen-bond acceptors (Lipinski definition) is 3. The molecule has 1 unspecified atom stereocenters. The van der Waals surface area contributed by atoms with Crippen molar-refractivity contribution in [3.8, 4) is 17.2 Å². The van der Waals surface area contributed by atoms with Crippen LogP contribution in [-0.4, -0.2) is 24.9 Å². The Kier molecular flexibility index (Phi) is 5.91. The quantitative estimate of drug-likeness (QED) is 0.416. The summed E-state index contributed by atoms with van der Waals surface area (Å²) in [4.78, 5) is 15.0. The average Bonchev–Trinajstić information content (AvgIpc) is 2.86. The standard InChI is InChI=1S/C28H25N3O/c1-19(26-6-4-5-24-17-25(30-2)15-16-27(24)26)31(3)28(32)23-13-11-22(12-14-23)21-9-7-20(18-29)8-10-21/h4-17,19,30H,1-3H3. The minimum atomic E-state index is -0.0789. The molecule has 1 amide bonds. The molecule has 4 aromatic rings. The van der Waals surface area contributed by atoms with Gasteiger partial charge in [-0.1, -0.05) is 48.5 Å². The first-order chi connectivity index (χ1) is 15.5. The van der Waals surface area contributed by atoms with Gasteiger partial charge in [0.15, 0.2) is 0 Å². The van der Waals surface area contributed by atoms with Crippen molar-refractivity contribution < 1.29 is 4.79 Å². The number of rotatable bonds is 5. The van der Waals surface area contributed by atoms with E-state index in [1.165, 1.54) is 0 Å². The van der Waals surface area contributed by atoms with Gasteiger partial charge in [-0.25, -0.2) is 0 Å². The molecule has 4 aromatic carbocycles. The van der Waals surface area contributed by atoms with E-state index in [4.69, 9.17) is 5.26 Å². The first kappa shape index (κ1) is 21.1. The van der Waals surface area contributed by atoms with Gasteiger partial charge in [0.1, 0.15) is 0 Å². The van der Waals surface area contributed by atoms with Gasteiger partial charge in [0.25, 0.3) is 5.91 Å². The van der Waals surface area contributed by atoms with E-state index in [1.807, 2.05) is 56.6 Å². The Labute approximate surface area is 188 Å².